The predicted molar refractivity (Wildman–Crippen MR) is 119 cm³/mol. The molecule has 12 heteroatoms. The van der Waals surface area contributed by atoms with Crippen molar-refractivity contribution in [3.8, 4) is 5.69 Å². The van der Waals surface area contributed by atoms with Crippen LogP contribution < -0.4 is 15.6 Å². The first kappa shape index (κ1) is 24.4. The topological polar surface area (TPSA) is 108 Å². The normalized spacial score (nSPS) is 17.7. The number of β-amino-alcohol motifs (C(OH)–C–C–N with tert-alkyl or cyclic N) is 2. The van der Waals surface area contributed by atoms with Crippen molar-refractivity contribution in [2.45, 2.75) is 18.6 Å². The van der Waals surface area contributed by atoms with Gasteiger partial charge in [0.2, 0.25) is 5.43 Å². The summed E-state index contributed by atoms with van der Waals surface area (Å²) in [5.41, 5.74) is -2.35. The number of amides is 1. The van der Waals surface area contributed by atoms with E-state index in [1.54, 1.807) is 0 Å². The third-order valence-electron chi connectivity index (χ3n) is 5.57. The van der Waals surface area contributed by atoms with Gasteiger partial charge in [0.15, 0.2) is 17.3 Å². The molecular formula is C23H20F4N4O4. The number of aliphatic hydroxyl groups excluding tert-OH is 2. The Labute approximate surface area is 195 Å². The van der Waals surface area contributed by atoms with Crippen molar-refractivity contribution in [3.63, 3.8) is 0 Å². The number of pyridine rings is 2. The molecule has 3 N–H and O–H groups in total. The number of benzene rings is 1. The molecule has 2 atom stereocenters. The van der Waals surface area contributed by atoms with Crippen LogP contribution in [0, 0.1) is 17.5 Å². The average molecular weight is 492 g/mol. The Morgan fingerprint density at radius 1 is 1.14 bits per heavy atom. The maximum atomic E-state index is 14.7. The molecule has 0 bridgehead atoms. The number of halogens is 4. The van der Waals surface area contributed by atoms with Crippen LogP contribution in [0.15, 0.2) is 47.7 Å². The van der Waals surface area contributed by atoms with E-state index < -0.39 is 58.1 Å². The first-order chi connectivity index (χ1) is 16.6. The molecule has 3 aromatic rings. The Morgan fingerprint density at radius 2 is 1.77 bits per heavy atom. The number of aliphatic hydroxyl groups is 2. The molecule has 0 unspecified atom stereocenters. The monoisotopic (exact) mass is 492 g/mol. The molecule has 35 heavy (non-hydrogen) atoms. The fourth-order valence-corrected chi connectivity index (χ4v) is 3.83. The molecule has 8 nitrogen and oxygen atoms in total. The van der Waals surface area contributed by atoms with Crippen LogP contribution in [0.4, 0.5) is 23.4 Å². The van der Waals surface area contributed by atoms with E-state index in [-0.39, 0.29) is 42.9 Å². The first-order valence-electron chi connectivity index (χ1n) is 10.5. The molecule has 184 valence electrons. The molecular weight excluding hydrogens is 472 g/mol. The predicted octanol–water partition coefficient (Wildman–Crippen LogP) is 1.95. The van der Waals surface area contributed by atoms with Gasteiger partial charge in [-0.15, -0.1) is 0 Å². The van der Waals surface area contributed by atoms with Gasteiger partial charge in [0.25, 0.3) is 5.91 Å². The van der Waals surface area contributed by atoms with Gasteiger partial charge in [-0.1, -0.05) is 6.58 Å². The number of anilines is 1. The summed E-state index contributed by atoms with van der Waals surface area (Å²) < 4.78 is 56.7. The highest BCUT2D eigenvalue weighted by molar-refractivity contribution is 5.97. The van der Waals surface area contributed by atoms with E-state index in [0.29, 0.717) is 12.1 Å². The minimum atomic E-state index is -1.31. The van der Waals surface area contributed by atoms with E-state index in [9.17, 15) is 37.4 Å². The van der Waals surface area contributed by atoms with E-state index in [4.69, 9.17) is 0 Å². The second-order valence-corrected chi connectivity index (χ2v) is 8.06. The molecule has 1 aromatic carbocycles. The van der Waals surface area contributed by atoms with E-state index in [0.717, 1.165) is 10.8 Å². The van der Waals surface area contributed by atoms with Gasteiger partial charge < -0.3 is 20.4 Å². The number of aromatic nitrogens is 2. The van der Waals surface area contributed by atoms with Crippen LogP contribution in [0.5, 0.6) is 0 Å². The summed E-state index contributed by atoms with van der Waals surface area (Å²) >= 11 is 0. The van der Waals surface area contributed by atoms with Crippen LogP contribution in [-0.4, -0.2) is 57.5 Å². The summed E-state index contributed by atoms with van der Waals surface area (Å²) in [5, 5.41) is 21.8. The smallest absolute Gasteiger partial charge is 0.256 e. The lowest BCUT2D eigenvalue weighted by Gasteiger charge is -2.19. The van der Waals surface area contributed by atoms with Crippen LogP contribution in [0.25, 0.3) is 16.7 Å². The summed E-state index contributed by atoms with van der Waals surface area (Å²) in [6.45, 7) is 2.93. The second-order valence-electron chi connectivity index (χ2n) is 8.06. The molecule has 1 amide bonds. The van der Waals surface area contributed by atoms with E-state index in [1.807, 2.05) is 0 Å². The quantitative estimate of drug-likeness (QED) is 0.454. The van der Waals surface area contributed by atoms with Crippen LogP contribution >= 0.6 is 0 Å². The average Bonchev–Trinajstić information content (AvgIpc) is 3.12. The SMILES string of the molecule is C=C(F)CCNC(=O)c1cn(-c2c(F)cc(F)cc2F)c2nc(N3C[C@@H](O)[C@H](O)C3)ccc2c1=O. The summed E-state index contributed by atoms with van der Waals surface area (Å²) in [6.07, 6.45) is -1.43. The number of hydrogen-bond donors (Lipinski definition) is 3. The lowest BCUT2D eigenvalue weighted by Crippen LogP contribution is -2.31. The number of nitrogens with one attached hydrogen (secondary N) is 1. The zero-order chi connectivity index (χ0) is 25.4. The largest absolute Gasteiger partial charge is 0.389 e. The highest BCUT2D eigenvalue weighted by atomic mass is 19.1. The van der Waals surface area contributed by atoms with Crippen molar-refractivity contribution in [1.82, 2.24) is 14.9 Å². The van der Waals surface area contributed by atoms with Crippen molar-refractivity contribution in [2.24, 2.45) is 0 Å². The Kier molecular flexibility index (Phi) is 6.59. The standard InChI is InChI=1S/C23H20F4N4O4/c1-11(24)4-5-28-23(35)14-8-31(20-15(26)6-12(25)7-16(20)27)22-13(21(14)34)2-3-19(29-22)30-9-17(32)18(33)10-30/h2-3,6-8,17-18,32-33H,1,4-5,9-10H2,(H,28,35)/t17-,18-/m1/s1. The van der Waals surface area contributed by atoms with Gasteiger partial charge in [-0.3, -0.25) is 14.2 Å². The minimum absolute atomic E-state index is 0.0174. The van der Waals surface area contributed by atoms with Gasteiger partial charge in [0.05, 0.1) is 23.4 Å². The zero-order valence-electron chi connectivity index (χ0n) is 18.1. The fourth-order valence-electron chi connectivity index (χ4n) is 3.83. The molecule has 1 aliphatic heterocycles. The molecule has 4 rings (SSSR count). The van der Waals surface area contributed by atoms with Gasteiger partial charge in [-0.05, 0) is 12.1 Å². The maximum Gasteiger partial charge on any atom is 0.256 e. The lowest BCUT2D eigenvalue weighted by molar-refractivity contribution is 0.0572. The van der Waals surface area contributed by atoms with Crippen molar-refractivity contribution >= 4 is 22.8 Å². The Balaban J connectivity index is 1.91. The molecule has 2 aromatic heterocycles. The third-order valence-corrected chi connectivity index (χ3v) is 5.57. The highest BCUT2D eigenvalue weighted by Gasteiger charge is 2.31. The summed E-state index contributed by atoms with van der Waals surface area (Å²) in [6, 6.07) is 3.55. The molecule has 0 aliphatic carbocycles. The number of carbonyl (C=O) groups excluding carboxylic acids is 1. The zero-order valence-corrected chi connectivity index (χ0v) is 18.1. The molecule has 1 aliphatic rings. The molecule has 1 saturated heterocycles. The first-order valence-corrected chi connectivity index (χ1v) is 10.5. The number of nitrogens with zero attached hydrogens (tertiary/aromatic N) is 3. The Morgan fingerprint density at radius 3 is 2.37 bits per heavy atom. The highest BCUT2D eigenvalue weighted by Crippen LogP contribution is 2.26. The number of carbonyl (C=O) groups is 1. The number of fused-ring (bicyclic) bond motifs is 1. The second kappa shape index (κ2) is 9.47. The molecule has 1 fully saturated rings. The summed E-state index contributed by atoms with van der Waals surface area (Å²) in [5.74, 6) is -5.23. The van der Waals surface area contributed by atoms with Crippen LogP contribution in [0.1, 0.15) is 16.8 Å². The summed E-state index contributed by atoms with van der Waals surface area (Å²) in [4.78, 5) is 31.5. The van der Waals surface area contributed by atoms with Gasteiger partial charge in [-0.2, -0.15) is 0 Å². The van der Waals surface area contributed by atoms with E-state index in [2.05, 4.69) is 16.9 Å². The van der Waals surface area contributed by atoms with Crippen molar-refractivity contribution in [1.29, 1.82) is 0 Å². The number of hydrogen-bond acceptors (Lipinski definition) is 6. The van der Waals surface area contributed by atoms with Crippen LogP contribution in [0.2, 0.25) is 0 Å². The van der Waals surface area contributed by atoms with Crippen molar-refractivity contribution in [2.75, 3.05) is 24.5 Å². The molecule has 3 heterocycles. The van der Waals surface area contributed by atoms with Gasteiger partial charge in [0.1, 0.15) is 22.9 Å². The lowest BCUT2D eigenvalue weighted by atomic mass is 10.1. The van der Waals surface area contributed by atoms with Gasteiger partial charge in [0, 0.05) is 44.4 Å². The van der Waals surface area contributed by atoms with Gasteiger partial charge >= 0.3 is 0 Å². The van der Waals surface area contributed by atoms with Crippen molar-refractivity contribution in [3.05, 3.63) is 76.1 Å². The summed E-state index contributed by atoms with van der Waals surface area (Å²) in [7, 11) is 0. The van der Waals surface area contributed by atoms with Gasteiger partial charge in [-0.25, -0.2) is 22.5 Å². The van der Waals surface area contributed by atoms with E-state index >= 15 is 0 Å². The minimum Gasteiger partial charge on any atom is -0.389 e. The molecule has 0 radical (unpaired) electrons. The van der Waals surface area contributed by atoms with Crippen LogP contribution in [-0.2, 0) is 0 Å². The molecule has 0 saturated carbocycles. The van der Waals surface area contributed by atoms with E-state index in [1.165, 1.54) is 17.0 Å². The third kappa shape index (κ3) is 4.75. The number of rotatable bonds is 6. The molecule has 0 spiro atoms. The maximum absolute atomic E-state index is 14.7. The Bertz CT molecular complexity index is 1360. The Hall–Kier alpha value is -3.77. The fraction of sp³-hybridized carbons (Fsp3) is 0.261. The van der Waals surface area contributed by atoms with Crippen molar-refractivity contribution < 1.29 is 32.6 Å². The van der Waals surface area contributed by atoms with Crippen LogP contribution in [0.3, 0.4) is 0 Å².